The van der Waals surface area contributed by atoms with Crippen LogP contribution in [0.4, 0.5) is 0 Å². The molecule has 2 fully saturated rings. The largest absolute Gasteiger partial charge is 0.375 e. The van der Waals surface area contributed by atoms with Gasteiger partial charge in [0, 0.05) is 25.0 Å². The first-order valence-corrected chi connectivity index (χ1v) is 8.29. The van der Waals surface area contributed by atoms with Crippen LogP contribution in [0.3, 0.4) is 0 Å². The van der Waals surface area contributed by atoms with Gasteiger partial charge in [0.05, 0.1) is 12.7 Å². The molecular formula is C18H27ClN2O2. The van der Waals surface area contributed by atoms with Gasteiger partial charge in [-0.25, -0.2) is 0 Å². The number of halogens is 1. The fraction of sp³-hybridized carbons (Fsp3) is 0.611. The summed E-state index contributed by atoms with van der Waals surface area (Å²) in [5.74, 6) is 0.189. The zero-order valence-corrected chi connectivity index (χ0v) is 14.8. The second kappa shape index (κ2) is 7.65. The molecule has 128 valence electrons. The topological polar surface area (TPSA) is 41.6 Å². The number of benzene rings is 1. The number of nitrogens with zero attached hydrogens (tertiary/aromatic N) is 1. The van der Waals surface area contributed by atoms with Crippen LogP contribution in [0.5, 0.6) is 0 Å². The van der Waals surface area contributed by atoms with Crippen molar-refractivity contribution in [1.29, 1.82) is 0 Å². The Hall–Kier alpha value is -1.10. The number of carbonyl (C=O) groups excluding carboxylic acids is 1. The number of hydrogen-bond acceptors (Lipinski definition) is 3. The monoisotopic (exact) mass is 338 g/mol. The molecule has 1 N–H and O–H groups in total. The van der Waals surface area contributed by atoms with Gasteiger partial charge in [-0.2, -0.15) is 0 Å². The van der Waals surface area contributed by atoms with Gasteiger partial charge in [-0.05, 0) is 25.3 Å². The summed E-state index contributed by atoms with van der Waals surface area (Å²) in [4.78, 5) is 14.9. The van der Waals surface area contributed by atoms with E-state index < -0.39 is 0 Å². The number of likely N-dealkylation sites (tertiary alicyclic amines) is 1. The maximum atomic E-state index is 12.9. The molecule has 0 spiro atoms. The van der Waals surface area contributed by atoms with Crippen LogP contribution in [0.15, 0.2) is 30.3 Å². The number of ether oxygens (including phenoxy) is 1. The molecule has 2 saturated heterocycles. The Kier molecular flexibility index (Phi) is 6.06. The van der Waals surface area contributed by atoms with Crippen molar-refractivity contribution in [2.75, 3.05) is 26.2 Å². The van der Waals surface area contributed by atoms with E-state index in [1.54, 1.807) is 0 Å². The molecule has 0 aromatic heterocycles. The minimum atomic E-state index is -0.202. The van der Waals surface area contributed by atoms with Gasteiger partial charge in [-0.1, -0.05) is 37.3 Å². The van der Waals surface area contributed by atoms with Crippen LogP contribution in [0.1, 0.15) is 32.3 Å². The van der Waals surface area contributed by atoms with Gasteiger partial charge < -0.3 is 15.0 Å². The van der Waals surface area contributed by atoms with E-state index in [0.29, 0.717) is 6.61 Å². The fourth-order valence-corrected chi connectivity index (χ4v) is 3.71. The Morgan fingerprint density at radius 1 is 1.35 bits per heavy atom. The number of piperidine rings is 1. The molecular weight excluding hydrogens is 312 g/mol. The zero-order chi connectivity index (χ0) is 15.6. The molecule has 0 bridgehead atoms. The Morgan fingerprint density at radius 2 is 2.09 bits per heavy atom. The lowest BCUT2D eigenvalue weighted by molar-refractivity contribution is -0.141. The van der Waals surface area contributed by atoms with Gasteiger partial charge in [0.25, 0.3) is 0 Å². The predicted octanol–water partition coefficient (Wildman–Crippen LogP) is 2.37. The summed E-state index contributed by atoms with van der Waals surface area (Å²) in [6.45, 7) is 7.34. The number of carbonyl (C=O) groups is 1. The van der Waals surface area contributed by atoms with E-state index in [4.69, 9.17) is 4.74 Å². The Labute approximate surface area is 145 Å². The number of nitrogens with one attached hydrogen (secondary N) is 1. The summed E-state index contributed by atoms with van der Waals surface area (Å²) in [6, 6.07) is 10.4. The normalized spacial score (nSPS) is 31.3. The van der Waals surface area contributed by atoms with Crippen LogP contribution in [0.2, 0.25) is 0 Å². The lowest BCUT2D eigenvalue weighted by Crippen LogP contribution is -2.59. The molecule has 2 aliphatic heterocycles. The van der Waals surface area contributed by atoms with E-state index >= 15 is 0 Å². The minimum Gasteiger partial charge on any atom is -0.375 e. The van der Waals surface area contributed by atoms with Crippen molar-refractivity contribution in [3.63, 3.8) is 0 Å². The molecule has 3 rings (SSSR count). The van der Waals surface area contributed by atoms with Crippen molar-refractivity contribution in [1.82, 2.24) is 10.2 Å². The highest BCUT2D eigenvalue weighted by Gasteiger charge is 2.38. The van der Waals surface area contributed by atoms with Crippen LogP contribution in [-0.2, 0) is 14.9 Å². The van der Waals surface area contributed by atoms with E-state index in [2.05, 4.69) is 36.5 Å². The quantitative estimate of drug-likeness (QED) is 0.900. The molecule has 3 atom stereocenters. The van der Waals surface area contributed by atoms with Crippen molar-refractivity contribution < 1.29 is 9.53 Å². The van der Waals surface area contributed by atoms with Gasteiger partial charge >= 0.3 is 0 Å². The standard InChI is InChI=1S/C18H26N2O2.ClH/c1-14-16(19-10-12-22-14)17(21)20-11-6-9-18(2,13-20)15-7-4-3-5-8-15;/h3-5,7-8,14,16,19H,6,9-13H2,1-2H3;1H/t14-,16+,18?;/m1./s1. The Balaban J connectivity index is 0.00000192. The number of rotatable bonds is 2. The molecule has 1 unspecified atom stereocenters. The van der Waals surface area contributed by atoms with Crippen molar-refractivity contribution in [3.8, 4) is 0 Å². The molecule has 5 heteroatoms. The summed E-state index contributed by atoms with van der Waals surface area (Å²) in [5.41, 5.74) is 1.38. The summed E-state index contributed by atoms with van der Waals surface area (Å²) in [6.07, 6.45) is 2.13. The predicted molar refractivity (Wildman–Crippen MR) is 94.1 cm³/mol. The van der Waals surface area contributed by atoms with E-state index in [1.807, 2.05) is 17.9 Å². The molecule has 2 heterocycles. The molecule has 23 heavy (non-hydrogen) atoms. The summed E-state index contributed by atoms with van der Waals surface area (Å²) < 4.78 is 5.63. The van der Waals surface area contributed by atoms with E-state index in [1.165, 1.54) is 5.56 Å². The fourth-order valence-electron chi connectivity index (χ4n) is 3.71. The number of morpholine rings is 1. The first kappa shape index (κ1) is 18.2. The maximum Gasteiger partial charge on any atom is 0.242 e. The molecule has 1 aromatic carbocycles. The van der Waals surface area contributed by atoms with Gasteiger partial charge in [0.2, 0.25) is 5.91 Å². The van der Waals surface area contributed by atoms with E-state index in [9.17, 15) is 4.79 Å². The highest BCUT2D eigenvalue weighted by Crippen LogP contribution is 2.33. The summed E-state index contributed by atoms with van der Waals surface area (Å²) >= 11 is 0. The number of hydrogen-bond donors (Lipinski definition) is 1. The molecule has 0 radical (unpaired) electrons. The van der Waals surface area contributed by atoms with Gasteiger partial charge in [0.1, 0.15) is 6.04 Å². The second-order valence-electron chi connectivity index (χ2n) is 6.80. The molecule has 1 aromatic rings. The van der Waals surface area contributed by atoms with Crippen molar-refractivity contribution in [3.05, 3.63) is 35.9 Å². The highest BCUT2D eigenvalue weighted by molar-refractivity contribution is 5.85. The van der Waals surface area contributed by atoms with Crippen LogP contribution in [0, 0.1) is 0 Å². The molecule has 4 nitrogen and oxygen atoms in total. The molecule has 2 aliphatic rings. The third-order valence-corrected chi connectivity index (χ3v) is 5.06. The lowest BCUT2D eigenvalue weighted by atomic mass is 9.76. The third kappa shape index (κ3) is 3.87. The van der Waals surface area contributed by atoms with E-state index in [0.717, 1.165) is 32.5 Å². The van der Waals surface area contributed by atoms with Gasteiger partial charge in [0.15, 0.2) is 0 Å². The maximum absolute atomic E-state index is 12.9. The van der Waals surface area contributed by atoms with Crippen LogP contribution in [-0.4, -0.2) is 49.2 Å². The molecule has 0 aliphatic carbocycles. The van der Waals surface area contributed by atoms with Crippen LogP contribution in [0.25, 0.3) is 0 Å². The number of amides is 1. The first-order valence-electron chi connectivity index (χ1n) is 8.29. The van der Waals surface area contributed by atoms with Crippen molar-refractivity contribution in [2.24, 2.45) is 0 Å². The highest BCUT2D eigenvalue weighted by atomic mass is 35.5. The third-order valence-electron chi connectivity index (χ3n) is 5.06. The summed E-state index contributed by atoms with van der Waals surface area (Å²) in [5, 5.41) is 3.32. The first-order chi connectivity index (χ1) is 10.6. The zero-order valence-electron chi connectivity index (χ0n) is 14.0. The van der Waals surface area contributed by atoms with Gasteiger partial charge in [-0.3, -0.25) is 4.79 Å². The average Bonchev–Trinajstić information content (AvgIpc) is 2.56. The smallest absolute Gasteiger partial charge is 0.242 e. The SMILES string of the molecule is C[C@H]1OCCN[C@@H]1C(=O)N1CCCC(C)(c2ccccc2)C1.Cl. The van der Waals surface area contributed by atoms with Crippen LogP contribution >= 0.6 is 12.4 Å². The van der Waals surface area contributed by atoms with Gasteiger partial charge in [-0.15, -0.1) is 12.4 Å². The Bertz CT molecular complexity index is 525. The molecule has 1 amide bonds. The Morgan fingerprint density at radius 3 is 2.78 bits per heavy atom. The minimum absolute atomic E-state index is 0. The molecule has 0 saturated carbocycles. The van der Waals surface area contributed by atoms with Crippen molar-refractivity contribution >= 4 is 18.3 Å². The van der Waals surface area contributed by atoms with Crippen molar-refractivity contribution in [2.45, 2.75) is 44.2 Å². The van der Waals surface area contributed by atoms with E-state index in [-0.39, 0.29) is 35.9 Å². The lowest BCUT2D eigenvalue weighted by Gasteiger charge is -2.43. The second-order valence-corrected chi connectivity index (χ2v) is 6.80. The summed E-state index contributed by atoms with van der Waals surface area (Å²) in [7, 11) is 0. The van der Waals surface area contributed by atoms with Crippen LogP contribution < -0.4 is 5.32 Å². The average molecular weight is 339 g/mol.